The summed E-state index contributed by atoms with van der Waals surface area (Å²) in [6.07, 6.45) is 10.1. The second-order valence-electron chi connectivity index (χ2n) is 8.66. The lowest BCUT2D eigenvalue weighted by Gasteiger charge is -2.44. The third kappa shape index (κ3) is 4.84. The first kappa shape index (κ1) is 20.4. The van der Waals surface area contributed by atoms with E-state index in [-0.39, 0.29) is 5.91 Å². The van der Waals surface area contributed by atoms with Crippen molar-refractivity contribution in [3.8, 4) is 0 Å². The summed E-state index contributed by atoms with van der Waals surface area (Å²) >= 11 is 0. The van der Waals surface area contributed by atoms with E-state index in [2.05, 4.69) is 45.2 Å². The van der Waals surface area contributed by atoms with E-state index in [4.69, 9.17) is 4.74 Å². The highest BCUT2D eigenvalue weighted by molar-refractivity contribution is 5.85. The van der Waals surface area contributed by atoms with E-state index < -0.39 is 0 Å². The average Bonchev–Trinajstić information content (AvgIpc) is 3.12. The summed E-state index contributed by atoms with van der Waals surface area (Å²) in [5, 5.41) is 4.50. The highest BCUT2D eigenvalue weighted by Crippen LogP contribution is 2.30. The van der Waals surface area contributed by atoms with Crippen LogP contribution in [0, 0.1) is 5.92 Å². The topological polar surface area (TPSA) is 46.5 Å². The first-order valence-electron chi connectivity index (χ1n) is 11.3. The molecule has 4 rings (SSSR count). The zero-order chi connectivity index (χ0) is 20.1. The van der Waals surface area contributed by atoms with Crippen LogP contribution < -0.4 is 5.32 Å². The molecule has 5 nitrogen and oxygen atoms in total. The average molecular weight is 398 g/mol. The first-order chi connectivity index (χ1) is 14.3. The molecular formula is C24H35N3O2. The number of carbonyl (C=O) groups is 1. The Kier molecular flexibility index (Phi) is 6.88. The van der Waals surface area contributed by atoms with E-state index in [0.29, 0.717) is 25.0 Å². The molecule has 0 bridgehead atoms. The number of benzene rings is 1. The number of aromatic nitrogens is 1. The fourth-order valence-corrected chi connectivity index (χ4v) is 5.29. The maximum Gasteiger partial charge on any atom is 0.220 e. The summed E-state index contributed by atoms with van der Waals surface area (Å²) in [5.41, 5.74) is 2.47. The van der Waals surface area contributed by atoms with Gasteiger partial charge in [-0.3, -0.25) is 4.79 Å². The van der Waals surface area contributed by atoms with Crippen LogP contribution in [0.15, 0.2) is 30.5 Å². The van der Waals surface area contributed by atoms with E-state index in [9.17, 15) is 4.79 Å². The van der Waals surface area contributed by atoms with Crippen molar-refractivity contribution in [3.63, 3.8) is 0 Å². The fraction of sp³-hybridized carbons (Fsp3) is 0.625. The van der Waals surface area contributed by atoms with E-state index in [1.54, 1.807) is 7.11 Å². The van der Waals surface area contributed by atoms with Gasteiger partial charge in [0.1, 0.15) is 0 Å². The maximum atomic E-state index is 12.6. The smallest absolute Gasteiger partial charge is 0.220 e. The van der Waals surface area contributed by atoms with Crippen molar-refractivity contribution in [3.05, 3.63) is 36.0 Å². The molecule has 1 aromatic heterocycles. The monoisotopic (exact) mass is 397 g/mol. The molecule has 0 spiro atoms. The number of fused-ring (bicyclic) bond motifs is 2. The number of nitrogens with zero attached hydrogens (tertiary/aromatic N) is 2. The molecule has 3 heterocycles. The second-order valence-corrected chi connectivity index (χ2v) is 8.66. The van der Waals surface area contributed by atoms with Crippen LogP contribution in [0.4, 0.5) is 0 Å². The van der Waals surface area contributed by atoms with Crippen LogP contribution in [0.25, 0.3) is 10.9 Å². The van der Waals surface area contributed by atoms with Gasteiger partial charge in [0, 0.05) is 49.8 Å². The standard InChI is InChI=1S/C24H35N3O2/c1-29-16-15-27-18-20(21-8-2-3-10-23(21)27)11-12-24(28)25-17-19-7-6-14-26-13-5-4-9-22(19)26/h2-3,8,10,18-19,22H,4-7,9,11-17H2,1H3,(H,25,28)/t19-,22-/m0/s1. The van der Waals surface area contributed by atoms with Gasteiger partial charge in [-0.05, 0) is 62.7 Å². The number of hydrogen-bond donors (Lipinski definition) is 1. The predicted octanol–water partition coefficient (Wildman–Crippen LogP) is 3.60. The summed E-state index contributed by atoms with van der Waals surface area (Å²) in [4.78, 5) is 15.2. The Morgan fingerprint density at radius 2 is 2.03 bits per heavy atom. The summed E-state index contributed by atoms with van der Waals surface area (Å²) in [6.45, 7) is 4.88. The van der Waals surface area contributed by atoms with Gasteiger partial charge in [0.15, 0.2) is 0 Å². The molecule has 29 heavy (non-hydrogen) atoms. The number of amides is 1. The van der Waals surface area contributed by atoms with Crippen molar-refractivity contribution in [1.29, 1.82) is 0 Å². The molecule has 0 unspecified atom stereocenters. The summed E-state index contributed by atoms with van der Waals surface area (Å²) in [5.74, 6) is 0.815. The molecule has 1 aromatic carbocycles. The number of methoxy groups -OCH3 is 1. The van der Waals surface area contributed by atoms with Gasteiger partial charge < -0.3 is 19.5 Å². The molecule has 1 amide bonds. The highest BCUT2D eigenvalue weighted by Gasteiger charge is 2.32. The molecule has 0 radical (unpaired) electrons. The van der Waals surface area contributed by atoms with Gasteiger partial charge in [-0.25, -0.2) is 0 Å². The Bertz CT molecular complexity index is 814. The van der Waals surface area contributed by atoms with E-state index in [1.807, 2.05) is 0 Å². The Morgan fingerprint density at radius 1 is 1.17 bits per heavy atom. The van der Waals surface area contributed by atoms with Crippen molar-refractivity contribution >= 4 is 16.8 Å². The van der Waals surface area contributed by atoms with Gasteiger partial charge in [0.05, 0.1) is 6.61 Å². The van der Waals surface area contributed by atoms with E-state index >= 15 is 0 Å². The molecule has 2 aromatic rings. The summed E-state index contributed by atoms with van der Waals surface area (Å²) in [6, 6.07) is 9.14. The minimum atomic E-state index is 0.187. The zero-order valence-corrected chi connectivity index (χ0v) is 17.7. The third-order valence-electron chi connectivity index (χ3n) is 6.82. The summed E-state index contributed by atoms with van der Waals surface area (Å²) < 4.78 is 7.48. The lowest BCUT2D eigenvalue weighted by Crippen LogP contribution is -2.51. The van der Waals surface area contributed by atoms with Crippen LogP contribution >= 0.6 is 0 Å². The van der Waals surface area contributed by atoms with Gasteiger partial charge in [-0.1, -0.05) is 24.6 Å². The van der Waals surface area contributed by atoms with Gasteiger partial charge in [0.25, 0.3) is 0 Å². The van der Waals surface area contributed by atoms with Crippen molar-refractivity contribution < 1.29 is 9.53 Å². The summed E-state index contributed by atoms with van der Waals surface area (Å²) in [7, 11) is 1.73. The molecule has 5 heteroatoms. The van der Waals surface area contributed by atoms with Crippen LogP contribution in [0.5, 0.6) is 0 Å². The van der Waals surface area contributed by atoms with Gasteiger partial charge in [-0.15, -0.1) is 0 Å². The van der Waals surface area contributed by atoms with Crippen molar-refractivity contribution in [2.45, 2.75) is 57.5 Å². The fourth-order valence-electron chi connectivity index (χ4n) is 5.29. The number of carbonyl (C=O) groups excluding carboxylic acids is 1. The van der Waals surface area contributed by atoms with Crippen molar-refractivity contribution in [2.75, 3.05) is 33.4 Å². The quantitative estimate of drug-likeness (QED) is 0.740. The van der Waals surface area contributed by atoms with Crippen molar-refractivity contribution in [2.24, 2.45) is 5.92 Å². The number of aryl methyl sites for hydroxylation is 1. The Morgan fingerprint density at radius 3 is 2.93 bits per heavy atom. The highest BCUT2D eigenvalue weighted by atomic mass is 16.5. The van der Waals surface area contributed by atoms with Gasteiger partial charge in [-0.2, -0.15) is 0 Å². The molecule has 2 saturated heterocycles. The Hall–Kier alpha value is -1.85. The molecule has 2 aliphatic heterocycles. The Labute approximate surface area is 174 Å². The normalized spacial score (nSPS) is 22.5. The maximum absolute atomic E-state index is 12.6. The first-order valence-corrected chi connectivity index (χ1v) is 11.3. The largest absolute Gasteiger partial charge is 0.383 e. The zero-order valence-electron chi connectivity index (χ0n) is 17.7. The molecule has 158 valence electrons. The molecule has 2 aliphatic rings. The van der Waals surface area contributed by atoms with Crippen LogP contribution in [0.1, 0.15) is 44.1 Å². The van der Waals surface area contributed by atoms with E-state index in [0.717, 1.165) is 19.5 Å². The lowest BCUT2D eigenvalue weighted by molar-refractivity contribution is -0.121. The molecule has 0 aliphatic carbocycles. The van der Waals surface area contributed by atoms with Gasteiger partial charge >= 0.3 is 0 Å². The number of para-hydroxylation sites is 1. The minimum Gasteiger partial charge on any atom is -0.383 e. The van der Waals surface area contributed by atoms with Crippen LogP contribution in [0.2, 0.25) is 0 Å². The number of hydrogen-bond acceptors (Lipinski definition) is 3. The molecule has 0 saturated carbocycles. The molecular weight excluding hydrogens is 362 g/mol. The number of piperidine rings is 2. The molecule has 1 N–H and O–H groups in total. The van der Waals surface area contributed by atoms with Crippen molar-refractivity contribution in [1.82, 2.24) is 14.8 Å². The van der Waals surface area contributed by atoms with Crippen LogP contribution in [-0.4, -0.2) is 54.8 Å². The lowest BCUT2D eigenvalue weighted by atomic mass is 9.83. The minimum absolute atomic E-state index is 0.187. The molecule has 2 fully saturated rings. The number of nitrogens with one attached hydrogen (secondary N) is 1. The van der Waals surface area contributed by atoms with Gasteiger partial charge in [0.2, 0.25) is 5.91 Å². The predicted molar refractivity (Wildman–Crippen MR) is 117 cm³/mol. The third-order valence-corrected chi connectivity index (χ3v) is 6.82. The van der Waals surface area contributed by atoms with Crippen LogP contribution in [-0.2, 0) is 22.5 Å². The number of rotatable bonds is 8. The SMILES string of the molecule is COCCn1cc(CCC(=O)NC[C@@H]2CCCN3CCCC[C@@H]23)c2ccccc21. The van der Waals surface area contributed by atoms with Crippen LogP contribution in [0.3, 0.4) is 0 Å². The van der Waals surface area contributed by atoms with E-state index in [1.165, 1.54) is 61.7 Å². The Balaban J connectivity index is 1.31. The number of ether oxygens (including phenoxy) is 1. The second kappa shape index (κ2) is 9.77. The molecule has 2 atom stereocenters.